The van der Waals surface area contributed by atoms with Crippen LogP contribution in [0.15, 0.2) is 0 Å². The Morgan fingerprint density at radius 2 is 2.07 bits per heavy atom. The zero-order chi connectivity index (χ0) is 9.47. The van der Waals surface area contributed by atoms with Gasteiger partial charge in [0, 0.05) is 13.1 Å². The van der Waals surface area contributed by atoms with Gasteiger partial charge >= 0.3 is 0 Å². The highest BCUT2D eigenvalue weighted by atomic mass is 35.5. The Bertz CT molecular complexity index is 224. The Morgan fingerprint density at radius 1 is 1.50 bits per heavy atom. The third-order valence-electron chi connectivity index (χ3n) is 3.03. The van der Waals surface area contributed by atoms with Crippen LogP contribution in [-0.4, -0.2) is 30.6 Å². The van der Waals surface area contributed by atoms with E-state index in [0.29, 0.717) is 12.0 Å². The molecule has 2 aliphatic rings. The fourth-order valence-electron chi connectivity index (χ4n) is 1.60. The molecule has 1 aliphatic carbocycles. The smallest absolute Gasteiger partial charge is 0.240 e. The van der Waals surface area contributed by atoms with Crippen molar-refractivity contribution >= 4 is 18.3 Å². The first kappa shape index (κ1) is 11.8. The molecule has 1 aliphatic heterocycles. The molecule has 1 unspecified atom stereocenters. The first-order valence-electron chi connectivity index (χ1n) is 4.91. The number of amides is 1. The van der Waals surface area contributed by atoms with Gasteiger partial charge in [0.2, 0.25) is 5.91 Å². The molecule has 0 bridgehead atoms. The molecule has 1 heterocycles. The molecule has 0 aromatic carbocycles. The molecular weight excluding hydrogens is 202 g/mol. The number of carbonyl (C=O) groups excluding carboxylic acids is 1. The van der Waals surface area contributed by atoms with Crippen LogP contribution in [0.3, 0.4) is 0 Å². The van der Waals surface area contributed by atoms with Gasteiger partial charge in [-0.2, -0.15) is 0 Å². The Balaban J connectivity index is 0.000000980. The van der Waals surface area contributed by atoms with E-state index >= 15 is 0 Å². The van der Waals surface area contributed by atoms with Crippen LogP contribution in [0.5, 0.6) is 0 Å². The van der Waals surface area contributed by atoms with Gasteiger partial charge in [0.1, 0.15) is 0 Å². The lowest BCUT2D eigenvalue weighted by molar-refractivity contribution is -0.127. The number of nitrogens with one attached hydrogen (secondary N) is 2. The number of carbonyl (C=O) groups is 1. The van der Waals surface area contributed by atoms with Crippen molar-refractivity contribution < 1.29 is 4.79 Å². The van der Waals surface area contributed by atoms with Crippen molar-refractivity contribution in [3.8, 4) is 0 Å². The summed E-state index contributed by atoms with van der Waals surface area (Å²) in [6.45, 7) is 3.60. The molecule has 5 heteroatoms. The summed E-state index contributed by atoms with van der Waals surface area (Å²) in [4.78, 5) is 11.7. The van der Waals surface area contributed by atoms with E-state index in [1.165, 1.54) is 0 Å². The average Bonchev–Trinajstić information content (AvgIpc) is 2.77. The fourth-order valence-corrected chi connectivity index (χ4v) is 1.60. The molecule has 4 nitrogen and oxygen atoms in total. The first-order chi connectivity index (χ1) is 6.10. The third kappa shape index (κ3) is 2.19. The Kier molecular flexibility index (Phi) is 3.40. The maximum atomic E-state index is 11.7. The van der Waals surface area contributed by atoms with E-state index in [1.807, 2.05) is 6.92 Å². The monoisotopic (exact) mass is 219 g/mol. The predicted molar refractivity (Wildman–Crippen MR) is 57.4 cm³/mol. The predicted octanol–water partition coefficient (Wildman–Crippen LogP) is -0.376. The molecule has 0 spiro atoms. The number of rotatable bonds is 3. The number of hydrogen-bond acceptors (Lipinski definition) is 3. The molecule has 2 fully saturated rings. The molecule has 1 atom stereocenters. The lowest BCUT2D eigenvalue weighted by atomic mass is 9.95. The van der Waals surface area contributed by atoms with E-state index in [1.54, 1.807) is 0 Å². The summed E-state index contributed by atoms with van der Waals surface area (Å²) in [7, 11) is 0. The summed E-state index contributed by atoms with van der Waals surface area (Å²) in [6.07, 6.45) is 2.20. The maximum absolute atomic E-state index is 11.7. The van der Waals surface area contributed by atoms with Gasteiger partial charge in [-0.1, -0.05) is 0 Å². The SMILES string of the molecule is CC(N)(C(=O)NC1CNC1)C1CC1.Cl. The second kappa shape index (κ2) is 4.04. The van der Waals surface area contributed by atoms with Gasteiger partial charge in [-0.15, -0.1) is 12.4 Å². The fraction of sp³-hybridized carbons (Fsp3) is 0.889. The standard InChI is InChI=1S/C9H17N3O.ClH/c1-9(10,6-2-3-6)8(13)12-7-4-11-5-7;/h6-7,11H,2-5,10H2,1H3,(H,12,13);1H. The van der Waals surface area contributed by atoms with Crippen LogP contribution < -0.4 is 16.4 Å². The normalized spacial score (nSPS) is 25.6. The molecule has 2 rings (SSSR count). The Labute approximate surface area is 90.4 Å². The van der Waals surface area contributed by atoms with E-state index in [4.69, 9.17) is 5.73 Å². The average molecular weight is 220 g/mol. The summed E-state index contributed by atoms with van der Waals surface area (Å²) in [5.74, 6) is 0.419. The van der Waals surface area contributed by atoms with Crippen molar-refractivity contribution in [3.63, 3.8) is 0 Å². The van der Waals surface area contributed by atoms with Gasteiger partial charge in [0.05, 0.1) is 11.6 Å². The molecule has 0 aromatic heterocycles. The van der Waals surface area contributed by atoms with E-state index in [2.05, 4.69) is 10.6 Å². The van der Waals surface area contributed by atoms with Crippen molar-refractivity contribution in [3.05, 3.63) is 0 Å². The van der Waals surface area contributed by atoms with Crippen LogP contribution in [0.25, 0.3) is 0 Å². The van der Waals surface area contributed by atoms with E-state index in [9.17, 15) is 4.79 Å². The van der Waals surface area contributed by atoms with Gasteiger partial charge in [-0.05, 0) is 25.7 Å². The van der Waals surface area contributed by atoms with Gasteiger partial charge in [0.15, 0.2) is 0 Å². The van der Waals surface area contributed by atoms with Crippen molar-refractivity contribution in [2.45, 2.75) is 31.3 Å². The lowest BCUT2D eigenvalue weighted by Gasteiger charge is -2.32. The number of nitrogens with two attached hydrogens (primary N) is 1. The number of halogens is 1. The largest absolute Gasteiger partial charge is 0.349 e. The molecular formula is C9H18ClN3O. The highest BCUT2D eigenvalue weighted by molar-refractivity contribution is 5.86. The highest BCUT2D eigenvalue weighted by Crippen LogP contribution is 2.38. The van der Waals surface area contributed by atoms with Crippen LogP contribution in [0, 0.1) is 5.92 Å². The van der Waals surface area contributed by atoms with Gasteiger partial charge < -0.3 is 16.4 Å². The first-order valence-corrected chi connectivity index (χ1v) is 4.91. The summed E-state index contributed by atoms with van der Waals surface area (Å²) in [5, 5.41) is 6.06. The van der Waals surface area contributed by atoms with Gasteiger partial charge in [-0.25, -0.2) is 0 Å². The second-order valence-electron chi connectivity index (χ2n) is 4.39. The van der Waals surface area contributed by atoms with Gasteiger partial charge in [0.25, 0.3) is 0 Å². The minimum absolute atomic E-state index is 0. The third-order valence-corrected chi connectivity index (χ3v) is 3.03. The zero-order valence-corrected chi connectivity index (χ0v) is 9.19. The molecule has 1 amide bonds. The molecule has 4 N–H and O–H groups in total. The van der Waals surface area contributed by atoms with Crippen LogP contribution >= 0.6 is 12.4 Å². The lowest BCUT2D eigenvalue weighted by Crippen LogP contribution is -2.63. The zero-order valence-electron chi connectivity index (χ0n) is 8.38. The van der Waals surface area contributed by atoms with Crippen molar-refractivity contribution in [1.82, 2.24) is 10.6 Å². The molecule has 14 heavy (non-hydrogen) atoms. The van der Waals surface area contributed by atoms with Crippen LogP contribution in [0.1, 0.15) is 19.8 Å². The summed E-state index contributed by atoms with van der Waals surface area (Å²) in [5.41, 5.74) is 5.32. The van der Waals surface area contributed by atoms with Crippen molar-refractivity contribution in [2.75, 3.05) is 13.1 Å². The Morgan fingerprint density at radius 3 is 2.43 bits per heavy atom. The summed E-state index contributed by atoms with van der Waals surface area (Å²) < 4.78 is 0. The van der Waals surface area contributed by atoms with Crippen molar-refractivity contribution in [1.29, 1.82) is 0 Å². The highest BCUT2D eigenvalue weighted by Gasteiger charge is 2.44. The number of hydrogen-bond donors (Lipinski definition) is 3. The van der Waals surface area contributed by atoms with E-state index < -0.39 is 5.54 Å². The molecule has 1 saturated heterocycles. The Hall–Kier alpha value is -0.320. The molecule has 0 aromatic rings. The maximum Gasteiger partial charge on any atom is 0.240 e. The van der Waals surface area contributed by atoms with E-state index in [-0.39, 0.29) is 18.3 Å². The molecule has 1 saturated carbocycles. The minimum atomic E-state index is -0.643. The molecule has 82 valence electrons. The second-order valence-corrected chi connectivity index (χ2v) is 4.39. The van der Waals surface area contributed by atoms with Crippen LogP contribution in [-0.2, 0) is 4.79 Å². The van der Waals surface area contributed by atoms with Crippen molar-refractivity contribution in [2.24, 2.45) is 11.7 Å². The van der Waals surface area contributed by atoms with Crippen LogP contribution in [0.2, 0.25) is 0 Å². The minimum Gasteiger partial charge on any atom is -0.349 e. The summed E-state index contributed by atoms with van der Waals surface area (Å²) >= 11 is 0. The topological polar surface area (TPSA) is 67.2 Å². The van der Waals surface area contributed by atoms with Crippen LogP contribution in [0.4, 0.5) is 0 Å². The van der Waals surface area contributed by atoms with E-state index in [0.717, 1.165) is 25.9 Å². The van der Waals surface area contributed by atoms with Gasteiger partial charge in [-0.3, -0.25) is 4.79 Å². The summed E-state index contributed by atoms with van der Waals surface area (Å²) in [6, 6.07) is 0.300. The molecule has 0 radical (unpaired) electrons. The quantitative estimate of drug-likeness (QED) is 0.607.